The van der Waals surface area contributed by atoms with Gasteiger partial charge < -0.3 is 10.0 Å². The van der Waals surface area contributed by atoms with Crippen LogP contribution in [-0.2, 0) is 4.79 Å². The Kier molecular flexibility index (Phi) is 3.93. The van der Waals surface area contributed by atoms with E-state index in [-0.39, 0.29) is 0 Å². The third-order valence-corrected chi connectivity index (χ3v) is 3.78. The van der Waals surface area contributed by atoms with Gasteiger partial charge in [-0.2, -0.15) is 0 Å². The Morgan fingerprint density at radius 1 is 1.53 bits per heavy atom. The molecule has 0 amide bonds. The van der Waals surface area contributed by atoms with Gasteiger partial charge in [0, 0.05) is 25.4 Å². The number of nitrogens with zero attached hydrogens (tertiary/aromatic N) is 1. The first kappa shape index (κ1) is 13.7. The molecule has 1 aliphatic rings. The van der Waals surface area contributed by atoms with E-state index in [1.807, 2.05) is 13.0 Å². The number of aliphatic carboxylic acids is 1. The summed E-state index contributed by atoms with van der Waals surface area (Å²) in [6.07, 6.45) is 4.18. The van der Waals surface area contributed by atoms with Crippen LogP contribution in [0.1, 0.15) is 24.5 Å². The zero-order chi connectivity index (χ0) is 14.0. The van der Waals surface area contributed by atoms with E-state index >= 15 is 0 Å². The lowest BCUT2D eigenvalue weighted by atomic mass is 10.1. The van der Waals surface area contributed by atoms with Crippen molar-refractivity contribution in [1.29, 1.82) is 0 Å². The number of carboxylic acid groups (broad SMARTS) is 1. The topological polar surface area (TPSA) is 40.5 Å². The molecule has 2 rings (SSSR count). The Labute approximate surface area is 114 Å². The van der Waals surface area contributed by atoms with E-state index in [1.54, 1.807) is 6.08 Å². The molecule has 0 heterocycles. The van der Waals surface area contributed by atoms with Crippen LogP contribution in [0, 0.1) is 18.8 Å². The molecular formula is C16H21NO2. The molecule has 0 radical (unpaired) electrons. The molecule has 0 spiro atoms. The molecule has 1 aliphatic carbocycles. The third-order valence-electron chi connectivity index (χ3n) is 3.78. The minimum Gasteiger partial charge on any atom is -0.478 e. The van der Waals surface area contributed by atoms with Crippen LogP contribution in [0.2, 0.25) is 0 Å². The standard InChI is InChI=1S/C16H21NO2/c1-11-4-6-15(13(8-11)5-7-16(18)19)17(3)10-14-9-12(14)2/h4-8,12,14H,9-10H2,1-3H3,(H,18,19)/b7-5+. The first-order chi connectivity index (χ1) is 8.97. The van der Waals surface area contributed by atoms with Crippen LogP contribution in [0.5, 0.6) is 0 Å². The molecule has 1 saturated carbocycles. The van der Waals surface area contributed by atoms with Gasteiger partial charge in [0.25, 0.3) is 0 Å². The molecule has 1 aromatic rings. The number of carbonyl (C=O) groups is 1. The number of hydrogen-bond acceptors (Lipinski definition) is 2. The minimum atomic E-state index is -0.911. The highest BCUT2D eigenvalue weighted by Crippen LogP contribution is 2.39. The Hall–Kier alpha value is -1.77. The molecule has 0 aliphatic heterocycles. The van der Waals surface area contributed by atoms with Crippen molar-refractivity contribution in [1.82, 2.24) is 0 Å². The number of rotatable bonds is 5. The van der Waals surface area contributed by atoms with Gasteiger partial charge in [0.15, 0.2) is 0 Å². The first-order valence-electron chi connectivity index (χ1n) is 6.70. The molecule has 19 heavy (non-hydrogen) atoms. The minimum absolute atomic E-state index is 0.780. The van der Waals surface area contributed by atoms with Crippen LogP contribution in [0.4, 0.5) is 5.69 Å². The molecule has 1 N–H and O–H groups in total. The normalized spacial score (nSPS) is 21.6. The summed E-state index contributed by atoms with van der Waals surface area (Å²) in [5.74, 6) is 0.694. The predicted molar refractivity (Wildman–Crippen MR) is 78.4 cm³/mol. The van der Waals surface area contributed by atoms with Crippen LogP contribution < -0.4 is 4.90 Å². The zero-order valence-electron chi connectivity index (χ0n) is 11.8. The lowest BCUT2D eigenvalue weighted by Crippen LogP contribution is -2.21. The Morgan fingerprint density at radius 3 is 2.79 bits per heavy atom. The van der Waals surface area contributed by atoms with Crippen LogP contribution in [-0.4, -0.2) is 24.7 Å². The smallest absolute Gasteiger partial charge is 0.328 e. The second-order valence-corrected chi connectivity index (χ2v) is 5.59. The van der Waals surface area contributed by atoms with Gasteiger partial charge in [-0.15, -0.1) is 0 Å². The van der Waals surface area contributed by atoms with Crippen LogP contribution in [0.25, 0.3) is 6.08 Å². The number of carboxylic acids is 1. The van der Waals surface area contributed by atoms with Gasteiger partial charge in [0.05, 0.1) is 0 Å². The fourth-order valence-electron chi connectivity index (χ4n) is 2.42. The average molecular weight is 259 g/mol. The molecule has 0 aromatic heterocycles. The quantitative estimate of drug-likeness (QED) is 0.826. The lowest BCUT2D eigenvalue weighted by Gasteiger charge is -2.22. The maximum Gasteiger partial charge on any atom is 0.328 e. The van der Waals surface area contributed by atoms with E-state index in [2.05, 4.69) is 31.0 Å². The van der Waals surface area contributed by atoms with Gasteiger partial charge >= 0.3 is 5.97 Å². The Bertz CT molecular complexity index is 507. The van der Waals surface area contributed by atoms with Crippen molar-refractivity contribution in [2.45, 2.75) is 20.3 Å². The molecule has 2 atom stereocenters. The number of anilines is 1. The highest BCUT2D eigenvalue weighted by molar-refractivity contribution is 5.87. The Balaban J connectivity index is 2.20. The van der Waals surface area contributed by atoms with E-state index in [4.69, 9.17) is 5.11 Å². The molecule has 3 nitrogen and oxygen atoms in total. The van der Waals surface area contributed by atoms with Crippen molar-refractivity contribution in [2.75, 3.05) is 18.5 Å². The summed E-state index contributed by atoms with van der Waals surface area (Å²) in [5.41, 5.74) is 3.21. The summed E-state index contributed by atoms with van der Waals surface area (Å²) >= 11 is 0. The van der Waals surface area contributed by atoms with E-state index in [9.17, 15) is 4.79 Å². The summed E-state index contributed by atoms with van der Waals surface area (Å²) in [6.45, 7) is 5.34. The number of benzene rings is 1. The van der Waals surface area contributed by atoms with Crippen molar-refractivity contribution >= 4 is 17.7 Å². The van der Waals surface area contributed by atoms with Crippen molar-refractivity contribution in [3.8, 4) is 0 Å². The molecular weight excluding hydrogens is 238 g/mol. The van der Waals surface area contributed by atoms with Crippen LogP contribution in [0.3, 0.4) is 0 Å². The van der Waals surface area contributed by atoms with Gasteiger partial charge in [-0.25, -0.2) is 4.79 Å². The van der Waals surface area contributed by atoms with Gasteiger partial charge in [0.2, 0.25) is 0 Å². The molecule has 3 heteroatoms. The summed E-state index contributed by atoms with van der Waals surface area (Å²) in [7, 11) is 2.08. The summed E-state index contributed by atoms with van der Waals surface area (Å²) in [6, 6.07) is 6.17. The molecule has 2 unspecified atom stereocenters. The van der Waals surface area contributed by atoms with Gasteiger partial charge in [-0.3, -0.25) is 0 Å². The maximum absolute atomic E-state index is 10.7. The molecule has 102 valence electrons. The fraction of sp³-hybridized carbons (Fsp3) is 0.438. The monoisotopic (exact) mass is 259 g/mol. The van der Waals surface area contributed by atoms with E-state index in [1.165, 1.54) is 12.5 Å². The predicted octanol–water partition coefficient (Wildman–Crippen LogP) is 3.19. The zero-order valence-corrected chi connectivity index (χ0v) is 11.8. The second kappa shape index (κ2) is 5.47. The first-order valence-corrected chi connectivity index (χ1v) is 6.70. The van der Waals surface area contributed by atoms with Crippen LogP contribution in [0.15, 0.2) is 24.3 Å². The van der Waals surface area contributed by atoms with Crippen molar-refractivity contribution in [3.63, 3.8) is 0 Å². The highest BCUT2D eigenvalue weighted by Gasteiger charge is 2.33. The van der Waals surface area contributed by atoms with Gasteiger partial charge in [-0.1, -0.05) is 18.6 Å². The van der Waals surface area contributed by atoms with E-state index in [0.29, 0.717) is 0 Å². The lowest BCUT2D eigenvalue weighted by molar-refractivity contribution is -0.131. The van der Waals surface area contributed by atoms with Crippen LogP contribution >= 0.6 is 0 Å². The number of aryl methyl sites for hydroxylation is 1. The van der Waals surface area contributed by atoms with E-state index in [0.717, 1.165) is 35.2 Å². The summed E-state index contributed by atoms with van der Waals surface area (Å²) < 4.78 is 0. The van der Waals surface area contributed by atoms with Crippen molar-refractivity contribution in [3.05, 3.63) is 35.4 Å². The highest BCUT2D eigenvalue weighted by atomic mass is 16.4. The molecule has 0 saturated heterocycles. The third kappa shape index (κ3) is 3.60. The maximum atomic E-state index is 10.7. The van der Waals surface area contributed by atoms with Gasteiger partial charge in [-0.05, 0) is 49.0 Å². The number of hydrogen-bond donors (Lipinski definition) is 1. The second-order valence-electron chi connectivity index (χ2n) is 5.59. The van der Waals surface area contributed by atoms with E-state index < -0.39 is 5.97 Å². The Morgan fingerprint density at radius 2 is 2.21 bits per heavy atom. The summed E-state index contributed by atoms with van der Waals surface area (Å²) in [4.78, 5) is 12.9. The SMILES string of the molecule is Cc1ccc(N(C)CC2CC2C)c(/C=C/C(=O)O)c1. The van der Waals surface area contributed by atoms with Gasteiger partial charge in [0.1, 0.15) is 0 Å². The average Bonchev–Trinajstić information content (AvgIpc) is 3.02. The largest absolute Gasteiger partial charge is 0.478 e. The molecule has 1 aromatic carbocycles. The molecule has 1 fully saturated rings. The van der Waals surface area contributed by atoms with Crippen molar-refractivity contribution < 1.29 is 9.90 Å². The van der Waals surface area contributed by atoms with Crippen molar-refractivity contribution in [2.24, 2.45) is 11.8 Å². The summed E-state index contributed by atoms with van der Waals surface area (Å²) in [5, 5.41) is 8.76. The fourth-order valence-corrected chi connectivity index (χ4v) is 2.42. The molecule has 0 bridgehead atoms.